The van der Waals surface area contributed by atoms with Gasteiger partial charge in [-0.15, -0.1) is 11.8 Å². The van der Waals surface area contributed by atoms with Crippen LogP contribution >= 0.6 is 11.8 Å². The molecule has 0 aliphatic carbocycles. The smallest absolute Gasteiger partial charge is 0.172 e. The van der Waals surface area contributed by atoms with E-state index in [9.17, 15) is 23.4 Å². The van der Waals surface area contributed by atoms with Crippen molar-refractivity contribution in [1.29, 1.82) is 0 Å². The zero-order chi connectivity index (χ0) is 27.3. The molecule has 1 aliphatic heterocycles. The number of nitrogens with zero attached hydrogens (tertiary/aromatic N) is 2. The van der Waals surface area contributed by atoms with Crippen LogP contribution in [-0.2, 0) is 6.61 Å². The molecule has 1 aromatic heterocycles. The van der Waals surface area contributed by atoms with Crippen LogP contribution in [0.5, 0.6) is 5.75 Å². The van der Waals surface area contributed by atoms with Gasteiger partial charge in [0.15, 0.2) is 11.6 Å². The molecule has 0 bridgehead atoms. The Morgan fingerprint density at radius 3 is 2.58 bits per heavy atom. The zero-order valence-corrected chi connectivity index (χ0v) is 22.0. The van der Waals surface area contributed by atoms with Crippen LogP contribution in [0.15, 0.2) is 41.4 Å². The number of ether oxygens (including phenoxy) is 1. The summed E-state index contributed by atoms with van der Waals surface area (Å²) in [5, 5.41) is 20.7. The van der Waals surface area contributed by atoms with Crippen LogP contribution in [0.25, 0.3) is 10.9 Å². The molecule has 1 atom stereocenters. The number of halogens is 4. The normalized spacial score (nSPS) is 16.6. The van der Waals surface area contributed by atoms with Crippen molar-refractivity contribution in [2.75, 3.05) is 39.1 Å². The highest BCUT2D eigenvalue weighted by Gasteiger charge is 2.35. The number of fused-ring (bicyclic) bond motifs is 1. The number of hydrogen-bond donors (Lipinski definition) is 2. The summed E-state index contributed by atoms with van der Waals surface area (Å²) in [4.78, 5) is 6.43. The lowest BCUT2D eigenvalue weighted by Gasteiger charge is -2.41. The van der Waals surface area contributed by atoms with Crippen molar-refractivity contribution < 1.29 is 32.5 Å². The molecule has 2 aromatic carbocycles. The molecule has 38 heavy (non-hydrogen) atoms. The lowest BCUT2D eigenvalue weighted by molar-refractivity contribution is 0.0322. The Labute approximate surface area is 223 Å². The minimum atomic E-state index is -1.35. The number of likely N-dealkylation sites (tertiary alicyclic amines) is 1. The van der Waals surface area contributed by atoms with Gasteiger partial charge < -0.3 is 19.8 Å². The molecule has 0 amide bonds. The zero-order valence-electron chi connectivity index (χ0n) is 21.2. The van der Waals surface area contributed by atoms with Crippen molar-refractivity contribution >= 4 is 22.7 Å². The lowest BCUT2D eigenvalue weighted by Crippen LogP contribution is -2.42. The summed E-state index contributed by atoms with van der Waals surface area (Å²) in [7, 11) is 1.53. The minimum absolute atomic E-state index is 0.0540. The molecule has 0 spiro atoms. The molecular formula is C28H32F4N2O3S. The van der Waals surface area contributed by atoms with E-state index in [1.807, 2.05) is 0 Å². The first-order chi connectivity index (χ1) is 18.3. The van der Waals surface area contributed by atoms with Gasteiger partial charge in [0.2, 0.25) is 0 Å². The summed E-state index contributed by atoms with van der Waals surface area (Å²) in [5.41, 5.74) is 1.02. The maximum Gasteiger partial charge on any atom is 0.172 e. The third-order valence-corrected chi connectivity index (χ3v) is 8.48. The molecule has 0 radical (unpaired) electrons. The topological polar surface area (TPSA) is 65.8 Å². The van der Waals surface area contributed by atoms with Crippen LogP contribution < -0.4 is 4.74 Å². The average Bonchev–Trinajstić information content (AvgIpc) is 2.94. The summed E-state index contributed by atoms with van der Waals surface area (Å²) >= 11 is 1.06. The Morgan fingerprint density at radius 1 is 1.13 bits per heavy atom. The van der Waals surface area contributed by atoms with E-state index in [1.54, 1.807) is 18.2 Å². The summed E-state index contributed by atoms with van der Waals surface area (Å²) in [6.07, 6.45) is 2.14. The van der Waals surface area contributed by atoms with Gasteiger partial charge >= 0.3 is 0 Å². The van der Waals surface area contributed by atoms with Crippen molar-refractivity contribution in [2.45, 2.75) is 43.4 Å². The lowest BCUT2D eigenvalue weighted by atomic mass is 9.74. The molecular weight excluding hydrogens is 520 g/mol. The van der Waals surface area contributed by atoms with Gasteiger partial charge in [-0.2, -0.15) is 0 Å². The van der Waals surface area contributed by atoms with E-state index in [2.05, 4.69) is 9.88 Å². The van der Waals surface area contributed by atoms with Crippen LogP contribution in [0, 0.1) is 22.9 Å². The SMILES string of the molecule is COc1ccc2ncc(CO)c(C(F)CCC3(CO)CCN(CCSc4cc(F)cc(F)c4F)CC3)c2c1. The van der Waals surface area contributed by atoms with E-state index in [0.29, 0.717) is 78.5 Å². The fourth-order valence-corrected chi connectivity index (χ4v) is 6.08. The number of aromatic nitrogens is 1. The van der Waals surface area contributed by atoms with E-state index >= 15 is 4.39 Å². The molecule has 3 aromatic rings. The molecule has 4 rings (SSSR count). The Morgan fingerprint density at radius 2 is 1.89 bits per heavy atom. The monoisotopic (exact) mass is 552 g/mol. The predicted octanol–water partition coefficient (Wildman–Crippen LogP) is 5.81. The van der Waals surface area contributed by atoms with Crippen LogP contribution in [0.2, 0.25) is 0 Å². The number of rotatable bonds is 11. The molecule has 1 unspecified atom stereocenters. The second-order valence-corrected chi connectivity index (χ2v) is 10.9. The number of hydrogen-bond acceptors (Lipinski definition) is 6. The maximum atomic E-state index is 15.7. The van der Waals surface area contributed by atoms with Crippen molar-refractivity contribution in [3.63, 3.8) is 0 Å². The van der Waals surface area contributed by atoms with Crippen molar-refractivity contribution in [1.82, 2.24) is 9.88 Å². The van der Waals surface area contributed by atoms with Gasteiger partial charge in [-0.25, -0.2) is 17.6 Å². The summed E-state index contributed by atoms with van der Waals surface area (Å²) in [6, 6.07) is 6.76. The highest BCUT2D eigenvalue weighted by atomic mass is 32.2. The summed E-state index contributed by atoms with van der Waals surface area (Å²) in [6.45, 7) is 1.55. The van der Waals surface area contributed by atoms with Crippen molar-refractivity contribution in [3.05, 3.63) is 65.1 Å². The largest absolute Gasteiger partial charge is 0.497 e. The standard InChI is InChI=1S/C28H32F4N2O3S/c1-37-20-2-3-24-21(14-20)26(18(16-35)15-33-24)22(30)4-5-28(17-36)6-8-34(9-7-28)10-11-38-25-13-19(29)12-23(31)27(25)32/h2-3,12-15,22,35-36H,4-11,16-17H2,1H3. The van der Waals surface area contributed by atoms with E-state index < -0.39 is 29.0 Å². The highest BCUT2D eigenvalue weighted by molar-refractivity contribution is 7.99. The molecule has 1 saturated heterocycles. The molecule has 1 aliphatic rings. The number of aliphatic hydroxyl groups excluding tert-OH is 2. The van der Waals surface area contributed by atoms with Gasteiger partial charge in [0.25, 0.3) is 0 Å². The predicted molar refractivity (Wildman–Crippen MR) is 140 cm³/mol. The second kappa shape index (κ2) is 12.6. The number of methoxy groups -OCH3 is 1. The van der Waals surface area contributed by atoms with Gasteiger partial charge in [0.05, 0.1) is 19.2 Å². The van der Waals surface area contributed by atoms with Crippen LogP contribution in [-0.4, -0.2) is 59.2 Å². The number of piperidine rings is 1. The average molecular weight is 553 g/mol. The summed E-state index contributed by atoms with van der Waals surface area (Å²) < 4.78 is 61.8. The fourth-order valence-electron chi connectivity index (χ4n) is 5.09. The molecule has 5 nitrogen and oxygen atoms in total. The maximum absolute atomic E-state index is 15.7. The molecule has 2 N–H and O–H groups in total. The molecule has 0 saturated carbocycles. The number of thioether (sulfide) groups is 1. The van der Waals surface area contributed by atoms with E-state index in [0.717, 1.165) is 17.8 Å². The quantitative estimate of drug-likeness (QED) is 0.178. The first-order valence-electron chi connectivity index (χ1n) is 12.6. The van der Waals surface area contributed by atoms with Crippen molar-refractivity contribution in [2.24, 2.45) is 5.41 Å². The first-order valence-corrected chi connectivity index (χ1v) is 13.6. The van der Waals surface area contributed by atoms with Crippen LogP contribution in [0.4, 0.5) is 17.6 Å². The van der Waals surface area contributed by atoms with E-state index in [-0.39, 0.29) is 24.5 Å². The Bertz CT molecular complexity index is 1250. The number of benzene rings is 2. The van der Waals surface area contributed by atoms with Crippen molar-refractivity contribution in [3.8, 4) is 5.75 Å². The van der Waals surface area contributed by atoms with E-state index in [1.165, 1.54) is 13.3 Å². The third kappa shape index (κ3) is 6.42. The Hall–Kier alpha value is -2.40. The highest BCUT2D eigenvalue weighted by Crippen LogP contribution is 2.41. The van der Waals surface area contributed by atoms with Gasteiger partial charge in [-0.1, -0.05) is 0 Å². The molecule has 1 fully saturated rings. The fraction of sp³-hybridized carbons (Fsp3) is 0.464. The number of pyridine rings is 1. The third-order valence-electron chi connectivity index (χ3n) is 7.49. The Balaban J connectivity index is 1.35. The summed E-state index contributed by atoms with van der Waals surface area (Å²) in [5.74, 6) is -2.02. The second-order valence-electron chi connectivity index (χ2n) is 9.79. The van der Waals surface area contributed by atoms with E-state index in [4.69, 9.17) is 4.74 Å². The van der Waals surface area contributed by atoms with Gasteiger partial charge in [0, 0.05) is 52.6 Å². The first kappa shape index (κ1) is 28.6. The Kier molecular flexibility index (Phi) is 9.51. The molecule has 206 valence electrons. The van der Waals surface area contributed by atoms with Crippen LogP contribution in [0.3, 0.4) is 0 Å². The molecule has 2 heterocycles. The van der Waals surface area contributed by atoms with Crippen LogP contribution in [0.1, 0.15) is 43.0 Å². The minimum Gasteiger partial charge on any atom is -0.497 e. The number of aliphatic hydroxyl groups is 2. The van der Waals surface area contributed by atoms with Gasteiger partial charge in [0.1, 0.15) is 17.7 Å². The number of alkyl halides is 1. The van der Waals surface area contributed by atoms with Gasteiger partial charge in [-0.05, 0) is 68.5 Å². The molecule has 10 heteroatoms. The van der Waals surface area contributed by atoms with Gasteiger partial charge in [-0.3, -0.25) is 4.98 Å².